The molecule has 1 aliphatic carbocycles. The van der Waals surface area contributed by atoms with E-state index >= 15 is 0 Å². The highest BCUT2D eigenvalue weighted by Crippen LogP contribution is 2.23. The van der Waals surface area contributed by atoms with Crippen molar-refractivity contribution in [2.45, 2.75) is 45.2 Å². The lowest BCUT2D eigenvalue weighted by molar-refractivity contribution is -0.140. The van der Waals surface area contributed by atoms with Crippen LogP contribution in [0.25, 0.3) is 0 Å². The highest BCUT2D eigenvalue weighted by atomic mass is 16.2. The molecule has 1 heterocycles. The predicted octanol–water partition coefficient (Wildman–Crippen LogP) is 1.39. The number of hydrogen-bond acceptors (Lipinski definition) is 3. The molecule has 0 saturated heterocycles. The van der Waals surface area contributed by atoms with Gasteiger partial charge in [-0.2, -0.15) is 0 Å². The maximum absolute atomic E-state index is 11.8. The molecule has 0 radical (unpaired) electrons. The van der Waals surface area contributed by atoms with E-state index in [1.165, 1.54) is 6.42 Å². The molecule has 1 saturated carbocycles. The average molecular weight is 275 g/mol. The number of carbonyl (C=O) groups is 2. The predicted molar refractivity (Wildman–Crippen MR) is 75.6 cm³/mol. The number of pyridine rings is 1. The summed E-state index contributed by atoms with van der Waals surface area (Å²) in [6, 6.07) is 3.74. The molecule has 2 atom stereocenters. The summed E-state index contributed by atoms with van der Waals surface area (Å²) in [5, 5.41) is 5.47. The van der Waals surface area contributed by atoms with Crippen LogP contribution in [-0.4, -0.2) is 22.8 Å². The van der Waals surface area contributed by atoms with Crippen LogP contribution >= 0.6 is 0 Å². The molecule has 0 bridgehead atoms. The van der Waals surface area contributed by atoms with Gasteiger partial charge in [0.1, 0.15) is 0 Å². The van der Waals surface area contributed by atoms with E-state index in [1.807, 2.05) is 0 Å². The summed E-state index contributed by atoms with van der Waals surface area (Å²) in [5.74, 6) is -0.655. The first-order chi connectivity index (χ1) is 9.66. The van der Waals surface area contributed by atoms with Crippen LogP contribution in [0.4, 0.5) is 0 Å². The number of carbonyl (C=O) groups excluding carboxylic acids is 2. The van der Waals surface area contributed by atoms with Crippen LogP contribution < -0.4 is 10.6 Å². The fourth-order valence-corrected chi connectivity index (χ4v) is 2.53. The van der Waals surface area contributed by atoms with E-state index in [1.54, 1.807) is 24.5 Å². The highest BCUT2D eigenvalue weighted by Gasteiger charge is 2.25. The molecule has 0 unspecified atom stereocenters. The summed E-state index contributed by atoms with van der Waals surface area (Å²) in [5.41, 5.74) is 0.923. The van der Waals surface area contributed by atoms with Crippen molar-refractivity contribution in [2.24, 2.45) is 5.92 Å². The second kappa shape index (κ2) is 7.03. The van der Waals surface area contributed by atoms with E-state index < -0.39 is 11.8 Å². The zero-order chi connectivity index (χ0) is 14.4. The van der Waals surface area contributed by atoms with Gasteiger partial charge in [0.25, 0.3) is 0 Å². The van der Waals surface area contributed by atoms with Crippen LogP contribution in [0.5, 0.6) is 0 Å². The SMILES string of the molecule is C[C@H]1CCCC[C@@H]1NC(=O)C(=O)NCc1ccncc1. The van der Waals surface area contributed by atoms with Gasteiger partial charge >= 0.3 is 11.8 Å². The van der Waals surface area contributed by atoms with Crippen molar-refractivity contribution < 1.29 is 9.59 Å². The van der Waals surface area contributed by atoms with Crippen LogP contribution in [0.2, 0.25) is 0 Å². The Morgan fingerprint density at radius 1 is 1.20 bits per heavy atom. The molecule has 1 fully saturated rings. The molecule has 20 heavy (non-hydrogen) atoms. The Morgan fingerprint density at radius 2 is 1.90 bits per heavy atom. The second-order valence-corrected chi connectivity index (χ2v) is 5.38. The van der Waals surface area contributed by atoms with Crippen molar-refractivity contribution in [3.05, 3.63) is 30.1 Å². The molecule has 1 aromatic rings. The first kappa shape index (κ1) is 14.5. The number of rotatable bonds is 3. The molecule has 0 aliphatic heterocycles. The Kier molecular flexibility index (Phi) is 5.09. The summed E-state index contributed by atoms with van der Waals surface area (Å²) in [6.07, 6.45) is 7.72. The van der Waals surface area contributed by atoms with Crippen LogP contribution in [-0.2, 0) is 16.1 Å². The van der Waals surface area contributed by atoms with Crippen LogP contribution in [0.15, 0.2) is 24.5 Å². The van der Waals surface area contributed by atoms with Gasteiger partial charge < -0.3 is 10.6 Å². The minimum atomic E-state index is -0.570. The van der Waals surface area contributed by atoms with Crippen molar-refractivity contribution in [3.8, 4) is 0 Å². The Bertz CT molecular complexity index is 461. The van der Waals surface area contributed by atoms with Crippen LogP contribution in [0.3, 0.4) is 0 Å². The fourth-order valence-electron chi connectivity index (χ4n) is 2.53. The van der Waals surface area contributed by atoms with Gasteiger partial charge in [0.15, 0.2) is 0 Å². The molecule has 1 aliphatic rings. The number of aromatic nitrogens is 1. The monoisotopic (exact) mass is 275 g/mol. The van der Waals surface area contributed by atoms with Crippen LogP contribution in [0, 0.1) is 5.92 Å². The van der Waals surface area contributed by atoms with Crippen molar-refractivity contribution in [3.63, 3.8) is 0 Å². The second-order valence-electron chi connectivity index (χ2n) is 5.38. The quantitative estimate of drug-likeness (QED) is 0.819. The number of amides is 2. The zero-order valence-corrected chi connectivity index (χ0v) is 11.8. The maximum atomic E-state index is 11.8. The summed E-state index contributed by atoms with van der Waals surface area (Å²) < 4.78 is 0. The molecule has 108 valence electrons. The smallest absolute Gasteiger partial charge is 0.309 e. The first-order valence-electron chi connectivity index (χ1n) is 7.14. The Labute approximate surface area is 119 Å². The van der Waals surface area contributed by atoms with E-state index in [0.29, 0.717) is 12.5 Å². The van der Waals surface area contributed by atoms with E-state index in [4.69, 9.17) is 0 Å². The van der Waals surface area contributed by atoms with Gasteiger partial charge in [0.2, 0.25) is 0 Å². The molecule has 5 nitrogen and oxygen atoms in total. The third-order valence-electron chi connectivity index (χ3n) is 3.84. The topological polar surface area (TPSA) is 71.1 Å². The normalized spacial score (nSPS) is 22.1. The Morgan fingerprint density at radius 3 is 2.60 bits per heavy atom. The van der Waals surface area contributed by atoms with Crippen molar-refractivity contribution in [1.29, 1.82) is 0 Å². The Hall–Kier alpha value is -1.91. The summed E-state index contributed by atoms with van der Waals surface area (Å²) in [4.78, 5) is 27.5. The molecule has 2 amide bonds. The highest BCUT2D eigenvalue weighted by molar-refractivity contribution is 6.35. The fraction of sp³-hybridized carbons (Fsp3) is 0.533. The third-order valence-corrected chi connectivity index (χ3v) is 3.84. The van der Waals surface area contributed by atoms with Gasteiger partial charge in [-0.1, -0.05) is 19.8 Å². The van der Waals surface area contributed by atoms with Gasteiger partial charge in [-0.25, -0.2) is 0 Å². The molecule has 0 aromatic carbocycles. The van der Waals surface area contributed by atoms with E-state index in [0.717, 1.165) is 24.8 Å². The van der Waals surface area contributed by atoms with Gasteiger partial charge in [-0.3, -0.25) is 14.6 Å². The number of nitrogens with one attached hydrogen (secondary N) is 2. The number of hydrogen-bond donors (Lipinski definition) is 2. The standard InChI is InChI=1S/C15H21N3O2/c1-11-4-2-3-5-13(11)18-15(20)14(19)17-10-12-6-8-16-9-7-12/h6-9,11,13H,2-5,10H2,1H3,(H,17,19)(H,18,20)/t11-,13-/m0/s1. The van der Waals surface area contributed by atoms with Crippen LogP contribution in [0.1, 0.15) is 38.2 Å². The van der Waals surface area contributed by atoms with Gasteiger partial charge in [0.05, 0.1) is 0 Å². The third kappa shape index (κ3) is 4.05. The maximum Gasteiger partial charge on any atom is 0.309 e. The molecule has 1 aromatic heterocycles. The largest absolute Gasteiger partial charge is 0.345 e. The molecule has 2 rings (SSSR count). The molecule has 2 N–H and O–H groups in total. The molecular formula is C15H21N3O2. The van der Waals surface area contributed by atoms with Crippen molar-refractivity contribution in [1.82, 2.24) is 15.6 Å². The minimum absolute atomic E-state index is 0.128. The average Bonchev–Trinajstić information content (AvgIpc) is 2.48. The van der Waals surface area contributed by atoms with E-state index in [9.17, 15) is 9.59 Å². The lowest BCUT2D eigenvalue weighted by atomic mass is 9.86. The van der Waals surface area contributed by atoms with E-state index in [-0.39, 0.29) is 6.04 Å². The molecular weight excluding hydrogens is 254 g/mol. The minimum Gasteiger partial charge on any atom is -0.345 e. The van der Waals surface area contributed by atoms with Gasteiger partial charge in [-0.15, -0.1) is 0 Å². The first-order valence-corrected chi connectivity index (χ1v) is 7.14. The van der Waals surface area contributed by atoms with E-state index in [2.05, 4.69) is 22.5 Å². The summed E-state index contributed by atoms with van der Waals surface area (Å²) in [6.45, 7) is 2.47. The van der Waals surface area contributed by atoms with Crippen molar-refractivity contribution >= 4 is 11.8 Å². The lowest BCUT2D eigenvalue weighted by Gasteiger charge is -2.29. The summed E-state index contributed by atoms with van der Waals surface area (Å²) in [7, 11) is 0. The molecule has 5 heteroatoms. The van der Waals surface area contributed by atoms with Gasteiger partial charge in [-0.05, 0) is 36.5 Å². The zero-order valence-electron chi connectivity index (χ0n) is 11.8. The van der Waals surface area contributed by atoms with Gasteiger partial charge in [0, 0.05) is 25.0 Å². The molecule has 0 spiro atoms. The number of nitrogens with zero attached hydrogens (tertiary/aromatic N) is 1. The Balaban J connectivity index is 1.78. The van der Waals surface area contributed by atoms with Crippen molar-refractivity contribution in [2.75, 3.05) is 0 Å². The summed E-state index contributed by atoms with van der Waals surface area (Å²) >= 11 is 0. The lowest BCUT2D eigenvalue weighted by Crippen LogP contribution is -2.47.